The van der Waals surface area contributed by atoms with E-state index in [1.54, 1.807) is 4.90 Å². The number of anilines is 2. The first-order valence-electron chi connectivity index (χ1n) is 14.8. The molecule has 0 saturated carbocycles. The third-order valence-corrected chi connectivity index (χ3v) is 7.27. The number of carbonyl (C=O) groups excluding carboxylic acids is 2. The van der Waals surface area contributed by atoms with Gasteiger partial charge < -0.3 is 29.9 Å². The lowest BCUT2D eigenvalue weighted by Crippen LogP contribution is -2.46. The number of hydrogen-bond acceptors (Lipinski definition) is 7. The summed E-state index contributed by atoms with van der Waals surface area (Å²) in [5, 5.41) is 5.83. The predicted octanol–water partition coefficient (Wildman–Crippen LogP) is 5.47. The second kappa shape index (κ2) is 13.5. The minimum Gasteiger partial charge on any atom is -0.449 e. The fraction of sp³-hybridized carbons (Fsp3) is 0.613. The fourth-order valence-corrected chi connectivity index (χ4v) is 5.00. The maximum Gasteiger partial charge on any atom is 0.410 e. The Morgan fingerprint density at radius 1 is 1.15 bits per heavy atom. The van der Waals surface area contributed by atoms with Crippen LogP contribution in [-0.4, -0.2) is 72.5 Å². The summed E-state index contributed by atoms with van der Waals surface area (Å²) in [6, 6.07) is 7.52. The van der Waals surface area contributed by atoms with Crippen LogP contribution < -0.4 is 15.5 Å². The Morgan fingerprint density at radius 2 is 1.90 bits per heavy atom. The number of urea groups is 1. The molecule has 224 valence electrons. The summed E-state index contributed by atoms with van der Waals surface area (Å²) in [7, 11) is 0. The van der Waals surface area contributed by atoms with E-state index in [2.05, 4.69) is 43.2 Å². The molecule has 41 heavy (non-hydrogen) atoms. The molecule has 1 aromatic heterocycles. The number of amides is 3. The van der Waals surface area contributed by atoms with Gasteiger partial charge in [-0.2, -0.15) is 0 Å². The van der Waals surface area contributed by atoms with Gasteiger partial charge in [-0.05, 0) is 61.8 Å². The molecule has 1 unspecified atom stereocenters. The van der Waals surface area contributed by atoms with Crippen molar-refractivity contribution in [1.82, 2.24) is 20.2 Å². The van der Waals surface area contributed by atoms with E-state index in [-0.39, 0.29) is 29.5 Å². The van der Waals surface area contributed by atoms with Crippen LogP contribution in [0.5, 0.6) is 0 Å². The number of carbonyl (C=O) groups is 2. The van der Waals surface area contributed by atoms with Gasteiger partial charge in [0.05, 0.1) is 38.1 Å². The minimum atomic E-state index is -0.307. The van der Waals surface area contributed by atoms with Gasteiger partial charge >= 0.3 is 12.1 Å². The molecule has 0 bridgehead atoms. The highest BCUT2D eigenvalue weighted by Crippen LogP contribution is 2.32. The van der Waals surface area contributed by atoms with E-state index in [4.69, 9.17) is 19.4 Å². The van der Waals surface area contributed by atoms with Gasteiger partial charge in [0.1, 0.15) is 5.82 Å². The Balaban J connectivity index is 1.51. The van der Waals surface area contributed by atoms with Crippen molar-refractivity contribution in [3.8, 4) is 11.4 Å². The van der Waals surface area contributed by atoms with Crippen LogP contribution >= 0.6 is 0 Å². The van der Waals surface area contributed by atoms with Crippen molar-refractivity contribution >= 4 is 23.6 Å². The molecule has 0 aliphatic carbocycles. The third kappa shape index (κ3) is 8.55. The molecule has 3 heterocycles. The summed E-state index contributed by atoms with van der Waals surface area (Å²) in [6.07, 6.45) is 2.34. The number of nitrogens with one attached hydrogen (secondary N) is 2. The number of benzene rings is 1. The highest BCUT2D eigenvalue weighted by molar-refractivity contribution is 5.89. The lowest BCUT2D eigenvalue weighted by Gasteiger charge is -2.37. The molecule has 1 saturated heterocycles. The summed E-state index contributed by atoms with van der Waals surface area (Å²) in [4.78, 5) is 39.1. The first-order valence-corrected chi connectivity index (χ1v) is 14.8. The molecule has 1 aromatic carbocycles. The van der Waals surface area contributed by atoms with Crippen LogP contribution in [0, 0.1) is 11.3 Å². The highest BCUT2D eigenvalue weighted by atomic mass is 16.6. The second-order valence-corrected chi connectivity index (χ2v) is 12.7. The van der Waals surface area contributed by atoms with E-state index >= 15 is 0 Å². The van der Waals surface area contributed by atoms with Crippen LogP contribution in [0.25, 0.3) is 11.4 Å². The van der Waals surface area contributed by atoms with E-state index in [1.165, 1.54) is 0 Å². The topological polar surface area (TPSA) is 109 Å². The summed E-state index contributed by atoms with van der Waals surface area (Å²) < 4.78 is 11.2. The van der Waals surface area contributed by atoms with E-state index in [0.717, 1.165) is 42.0 Å². The Hall–Kier alpha value is -3.40. The van der Waals surface area contributed by atoms with Gasteiger partial charge in [-0.15, -0.1) is 0 Å². The number of aromatic nitrogens is 2. The van der Waals surface area contributed by atoms with E-state index in [9.17, 15) is 9.59 Å². The molecule has 0 radical (unpaired) electrons. The van der Waals surface area contributed by atoms with Gasteiger partial charge in [-0.1, -0.05) is 34.6 Å². The van der Waals surface area contributed by atoms with E-state index in [1.807, 2.05) is 38.1 Å². The fourth-order valence-electron chi connectivity index (χ4n) is 5.00. The monoisotopic (exact) mass is 566 g/mol. The molecule has 2 aromatic rings. The standard InChI is InChI=1S/C31H46N6O4/c1-21(2)19-41-30(39)36-15-12-25-26(18-36)34-27(35-28(25)37-16-17-40-20-22(37)3)23-8-10-24(11-9-23)33-29(38)32-14-7-13-31(4,5)6/h8-11,21-22H,7,12-20H2,1-6H3,(H2,32,33,38). The normalized spacial score (nSPS) is 17.3. The Morgan fingerprint density at radius 3 is 2.59 bits per heavy atom. The largest absolute Gasteiger partial charge is 0.449 e. The number of hydrogen-bond donors (Lipinski definition) is 2. The average Bonchev–Trinajstić information content (AvgIpc) is 2.93. The number of ether oxygens (including phenoxy) is 2. The van der Waals surface area contributed by atoms with Crippen molar-refractivity contribution in [1.29, 1.82) is 0 Å². The van der Waals surface area contributed by atoms with Crippen molar-refractivity contribution < 1.29 is 19.1 Å². The molecule has 2 aliphatic heterocycles. The SMILES string of the molecule is CC(C)COC(=O)N1CCc2c(nc(-c3ccc(NC(=O)NCCCC(C)(C)C)cc3)nc2N2CCOCC2C)C1. The molecule has 10 heteroatoms. The van der Waals surface area contributed by atoms with Crippen LogP contribution in [0.15, 0.2) is 24.3 Å². The zero-order valence-electron chi connectivity index (χ0n) is 25.5. The van der Waals surface area contributed by atoms with Gasteiger partial charge in [-0.25, -0.2) is 19.6 Å². The molecule has 2 aliphatic rings. The molecule has 3 amide bonds. The second-order valence-electron chi connectivity index (χ2n) is 12.7. The van der Waals surface area contributed by atoms with Gasteiger partial charge in [0.2, 0.25) is 0 Å². The van der Waals surface area contributed by atoms with E-state index < -0.39 is 0 Å². The molecule has 4 rings (SSSR count). The van der Waals surface area contributed by atoms with Crippen molar-refractivity contribution in [2.24, 2.45) is 11.3 Å². The Bertz CT molecular complexity index is 1190. The molecule has 1 atom stereocenters. The zero-order valence-corrected chi connectivity index (χ0v) is 25.5. The van der Waals surface area contributed by atoms with Crippen molar-refractivity contribution in [2.75, 3.05) is 49.7 Å². The Kier molecular flexibility index (Phi) is 10.1. The van der Waals surface area contributed by atoms with Gasteiger partial charge in [-0.3, -0.25) is 0 Å². The molecular formula is C31H46N6O4. The maximum absolute atomic E-state index is 12.8. The lowest BCUT2D eigenvalue weighted by molar-refractivity contribution is 0.0871. The van der Waals surface area contributed by atoms with Crippen molar-refractivity contribution in [3.05, 3.63) is 35.5 Å². The first-order chi connectivity index (χ1) is 19.5. The van der Waals surface area contributed by atoms with Gasteiger partial charge in [0, 0.05) is 36.4 Å². The summed E-state index contributed by atoms with van der Waals surface area (Å²) in [5.41, 5.74) is 3.71. The number of rotatable bonds is 8. The number of nitrogens with zero attached hydrogens (tertiary/aromatic N) is 4. The average molecular weight is 567 g/mol. The smallest absolute Gasteiger partial charge is 0.410 e. The lowest BCUT2D eigenvalue weighted by atomic mass is 9.91. The zero-order chi connectivity index (χ0) is 29.6. The van der Waals surface area contributed by atoms with Crippen molar-refractivity contribution in [2.45, 2.75) is 73.4 Å². The molecule has 1 fully saturated rings. The molecular weight excluding hydrogens is 520 g/mol. The van der Waals surface area contributed by atoms with Crippen LogP contribution in [0.3, 0.4) is 0 Å². The summed E-state index contributed by atoms with van der Waals surface area (Å²) in [6.45, 7) is 16.8. The number of fused-ring (bicyclic) bond motifs is 1. The van der Waals surface area contributed by atoms with Crippen molar-refractivity contribution in [3.63, 3.8) is 0 Å². The van der Waals surface area contributed by atoms with Crippen LogP contribution in [0.2, 0.25) is 0 Å². The molecule has 0 spiro atoms. The number of morpholine rings is 1. The summed E-state index contributed by atoms with van der Waals surface area (Å²) >= 11 is 0. The third-order valence-electron chi connectivity index (χ3n) is 7.27. The van der Waals surface area contributed by atoms with Gasteiger partial charge in [0.15, 0.2) is 5.82 Å². The molecule has 10 nitrogen and oxygen atoms in total. The van der Waals surface area contributed by atoms with Gasteiger partial charge in [0.25, 0.3) is 0 Å². The maximum atomic E-state index is 12.8. The van der Waals surface area contributed by atoms with Crippen LogP contribution in [0.1, 0.15) is 65.6 Å². The van der Waals surface area contributed by atoms with Crippen LogP contribution in [-0.2, 0) is 22.4 Å². The highest BCUT2D eigenvalue weighted by Gasteiger charge is 2.31. The van der Waals surface area contributed by atoms with E-state index in [0.29, 0.717) is 57.4 Å². The molecule has 2 N–H and O–H groups in total. The quantitative estimate of drug-likeness (QED) is 0.408. The van der Waals surface area contributed by atoms with Crippen LogP contribution in [0.4, 0.5) is 21.1 Å². The Labute approximate surface area is 244 Å². The minimum absolute atomic E-state index is 0.179. The predicted molar refractivity (Wildman–Crippen MR) is 161 cm³/mol. The summed E-state index contributed by atoms with van der Waals surface area (Å²) in [5.74, 6) is 1.78. The first kappa shape index (κ1) is 30.6.